The Labute approximate surface area is 175 Å². The van der Waals surface area contributed by atoms with E-state index in [1.165, 1.54) is 12.1 Å². The zero-order valence-corrected chi connectivity index (χ0v) is 16.6. The molecule has 0 atom stereocenters. The Bertz CT molecular complexity index is 917. The van der Waals surface area contributed by atoms with E-state index in [4.69, 9.17) is 9.47 Å². The van der Waals surface area contributed by atoms with Crippen molar-refractivity contribution in [3.8, 4) is 5.75 Å². The maximum absolute atomic E-state index is 12.9. The van der Waals surface area contributed by atoms with Gasteiger partial charge in [-0.05, 0) is 53.9 Å². The van der Waals surface area contributed by atoms with Gasteiger partial charge in [-0.15, -0.1) is 0 Å². The molecule has 30 heavy (non-hydrogen) atoms. The summed E-state index contributed by atoms with van der Waals surface area (Å²) in [4.78, 5) is 12.1. The number of amides is 2. The molecule has 0 aliphatic heterocycles. The first-order valence-electron chi connectivity index (χ1n) is 9.83. The number of hydrogen-bond acceptors (Lipinski definition) is 3. The van der Waals surface area contributed by atoms with Gasteiger partial charge >= 0.3 is 6.03 Å². The summed E-state index contributed by atoms with van der Waals surface area (Å²) in [6.45, 7) is 1.83. The molecule has 3 aromatic carbocycles. The third-order valence-electron chi connectivity index (χ3n) is 4.31. The molecule has 6 heteroatoms. The lowest BCUT2D eigenvalue weighted by atomic mass is 10.1. The van der Waals surface area contributed by atoms with E-state index < -0.39 is 0 Å². The summed E-state index contributed by atoms with van der Waals surface area (Å²) in [5.74, 6) is 0.551. The average Bonchev–Trinajstić information content (AvgIpc) is 2.76. The molecule has 5 nitrogen and oxygen atoms in total. The van der Waals surface area contributed by atoms with Gasteiger partial charge in [0.25, 0.3) is 0 Å². The van der Waals surface area contributed by atoms with Crippen LogP contribution in [0.3, 0.4) is 0 Å². The fourth-order valence-electron chi connectivity index (χ4n) is 2.81. The number of nitrogens with one attached hydrogen (secondary N) is 2. The zero-order chi connectivity index (χ0) is 21.0. The number of rotatable bonds is 10. The Balaban J connectivity index is 1.34. The molecule has 0 aliphatic carbocycles. The number of halogens is 1. The Hall–Kier alpha value is -3.38. The number of anilines is 1. The zero-order valence-electron chi connectivity index (χ0n) is 16.6. The van der Waals surface area contributed by atoms with Gasteiger partial charge in [0.15, 0.2) is 0 Å². The van der Waals surface area contributed by atoms with Crippen LogP contribution >= 0.6 is 0 Å². The van der Waals surface area contributed by atoms with Gasteiger partial charge in [0.2, 0.25) is 0 Å². The van der Waals surface area contributed by atoms with E-state index in [0.717, 1.165) is 16.9 Å². The number of carbonyl (C=O) groups is 1. The molecule has 0 unspecified atom stereocenters. The number of hydrogen-bond donors (Lipinski definition) is 2. The van der Waals surface area contributed by atoms with Gasteiger partial charge in [-0.25, -0.2) is 9.18 Å². The maximum atomic E-state index is 12.9. The lowest BCUT2D eigenvalue weighted by Crippen LogP contribution is -2.30. The predicted octanol–water partition coefficient (Wildman–Crippen LogP) is 4.79. The molecule has 2 amide bonds. The largest absolute Gasteiger partial charge is 0.491 e. The quantitative estimate of drug-likeness (QED) is 0.475. The van der Waals surface area contributed by atoms with E-state index in [9.17, 15) is 9.18 Å². The SMILES string of the molecule is O=C(NCCc1ccc(F)cc1)Nc1cccc(COCCOc2ccccc2)c1. The van der Waals surface area contributed by atoms with Crippen molar-refractivity contribution in [3.63, 3.8) is 0 Å². The molecule has 0 fully saturated rings. The topological polar surface area (TPSA) is 59.6 Å². The highest BCUT2D eigenvalue weighted by atomic mass is 19.1. The first kappa shape index (κ1) is 21.3. The number of carbonyl (C=O) groups excluding carboxylic acids is 1. The molecule has 0 radical (unpaired) electrons. The fraction of sp³-hybridized carbons (Fsp3) is 0.208. The molecule has 0 spiro atoms. The van der Waals surface area contributed by atoms with Crippen LogP contribution in [0.2, 0.25) is 0 Å². The predicted molar refractivity (Wildman–Crippen MR) is 115 cm³/mol. The maximum Gasteiger partial charge on any atom is 0.319 e. The molecule has 0 heterocycles. The lowest BCUT2D eigenvalue weighted by molar-refractivity contribution is 0.0889. The molecular weight excluding hydrogens is 383 g/mol. The number of urea groups is 1. The summed E-state index contributed by atoms with van der Waals surface area (Å²) in [5, 5.41) is 5.61. The van der Waals surface area contributed by atoms with Crippen LogP contribution in [0, 0.1) is 5.82 Å². The van der Waals surface area contributed by atoms with Gasteiger partial charge in [-0.3, -0.25) is 0 Å². The van der Waals surface area contributed by atoms with Crippen LogP contribution in [0.4, 0.5) is 14.9 Å². The smallest absolute Gasteiger partial charge is 0.319 e. The van der Waals surface area contributed by atoms with Crippen LogP contribution in [0.15, 0.2) is 78.9 Å². The van der Waals surface area contributed by atoms with Gasteiger partial charge in [0.1, 0.15) is 18.2 Å². The van der Waals surface area contributed by atoms with Gasteiger partial charge in [-0.1, -0.05) is 42.5 Å². The minimum Gasteiger partial charge on any atom is -0.491 e. The van der Waals surface area contributed by atoms with E-state index in [1.54, 1.807) is 12.1 Å². The number of para-hydroxylation sites is 1. The van der Waals surface area contributed by atoms with Crippen molar-refractivity contribution in [1.29, 1.82) is 0 Å². The third kappa shape index (κ3) is 7.56. The Kier molecular flexibility index (Phi) is 8.23. The van der Waals surface area contributed by atoms with Crippen molar-refractivity contribution in [2.75, 3.05) is 25.1 Å². The minimum absolute atomic E-state index is 0.267. The lowest BCUT2D eigenvalue weighted by Gasteiger charge is -2.10. The normalized spacial score (nSPS) is 10.4. The first-order chi connectivity index (χ1) is 14.7. The summed E-state index contributed by atoms with van der Waals surface area (Å²) >= 11 is 0. The highest BCUT2D eigenvalue weighted by Crippen LogP contribution is 2.12. The van der Waals surface area contributed by atoms with Crippen molar-refractivity contribution < 1.29 is 18.7 Å². The highest BCUT2D eigenvalue weighted by Gasteiger charge is 2.03. The Morgan fingerprint density at radius 1 is 0.867 bits per heavy atom. The minimum atomic E-state index is -0.286. The number of benzene rings is 3. The van der Waals surface area contributed by atoms with Gasteiger partial charge in [0.05, 0.1) is 13.2 Å². The monoisotopic (exact) mass is 408 g/mol. The van der Waals surface area contributed by atoms with Crippen molar-refractivity contribution in [1.82, 2.24) is 5.32 Å². The highest BCUT2D eigenvalue weighted by molar-refractivity contribution is 5.89. The van der Waals surface area contributed by atoms with Gasteiger partial charge in [-0.2, -0.15) is 0 Å². The fourth-order valence-corrected chi connectivity index (χ4v) is 2.81. The standard InChI is InChI=1S/C24H25FN2O3/c25-21-11-9-19(10-12-21)13-14-26-24(28)27-22-6-4-5-20(17-22)18-29-15-16-30-23-7-2-1-3-8-23/h1-12,17H,13-16,18H2,(H2,26,27,28). The van der Waals surface area contributed by atoms with E-state index in [0.29, 0.717) is 38.5 Å². The second kappa shape index (κ2) is 11.6. The Morgan fingerprint density at radius 3 is 2.47 bits per heavy atom. The summed E-state index contributed by atoms with van der Waals surface area (Å²) in [5.41, 5.74) is 2.61. The van der Waals surface area contributed by atoms with E-state index in [-0.39, 0.29) is 11.8 Å². The summed E-state index contributed by atoms with van der Waals surface area (Å²) in [6, 6.07) is 23.1. The van der Waals surface area contributed by atoms with Crippen LogP contribution in [0.5, 0.6) is 5.75 Å². The van der Waals surface area contributed by atoms with Crippen molar-refractivity contribution in [2.45, 2.75) is 13.0 Å². The first-order valence-corrected chi connectivity index (χ1v) is 9.83. The molecule has 3 rings (SSSR count). The summed E-state index contributed by atoms with van der Waals surface area (Å²) in [7, 11) is 0. The molecule has 156 valence electrons. The van der Waals surface area contributed by atoms with Gasteiger partial charge < -0.3 is 20.1 Å². The van der Waals surface area contributed by atoms with Crippen molar-refractivity contribution in [2.24, 2.45) is 0 Å². The number of ether oxygens (including phenoxy) is 2. The molecule has 0 aliphatic rings. The van der Waals surface area contributed by atoms with Crippen molar-refractivity contribution >= 4 is 11.7 Å². The van der Waals surface area contributed by atoms with Crippen LogP contribution in [-0.4, -0.2) is 25.8 Å². The molecule has 2 N–H and O–H groups in total. The van der Waals surface area contributed by atoms with Gasteiger partial charge in [0, 0.05) is 12.2 Å². The molecular formula is C24H25FN2O3. The third-order valence-corrected chi connectivity index (χ3v) is 4.31. The molecule has 0 saturated carbocycles. The van der Waals surface area contributed by atoms with E-state index in [2.05, 4.69) is 10.6 Å². The van der Waals surface area contributed by atoms with Crippen molar-refractivity contribution in [3.05, 3.63) is 95.8 Å². The molecule has 0 bridgehead atoms. The van der Waals surface area contributed by atoms with Crippen LogP contribution in [-0.2, 0) is 17.8 Å². The molecule has 0 saturated heterocycles. The van der Waals surface area contributed by atoms with Crippen LogP contribution in [0.1, 0.15) is 11.1 Å². The average molecular weight is 408 g/mol. The molecule has 3 aromatic rings. The second-order valence-corrected chi connectivity index (χ2v) is 6.67. The molecule has 0 aromatic heterocycles. The second-order valence-electron chi connectivity index (χ2n) is 6.67. The summed E-state index contributed by atoms with van der Waals surface area (Å²) < 4.78 is 24.1. The van der Waals surface area contributed by atoms with E-state index in [1.807, 2.05) is 54.6 Å². The van der Waals surface area contributed by atoms with Crippen LogP contribution in [0.25, 0.3) is 0 Å². The Morgan fingerprint density at radius 2 is 1.67 bits per heavy atom. The summed E-state index contributed by atoms with van der Waals surface area (Å²) in [6.07, 6.45) is 0.632. The van der Waals surface area contributed by atoms with E-state index >= 15 is 0 Å². The van der Waals surface area contributed by atoms with Crippen LogP contribution < -0.4 is 15.4 Å².